The summed E-state index contributed by atoms with van der Waals surface area (Å²) in [5.74, 6) is 2.31. The van der Waals surface area contributed by atoms with Crippen LogP contribution in [0.15, 0.2) is 42.5 Å². The Morgan fingerprint density at radius 2 is 1.32 bits per heavy atom. The number of carbonyl (C=O) groups excluding carboxylic acids is 1. The summed E-state index contributed by atoms with van der Waals surface area (Å²) in [4.78, 5) is 12.6. The zero-order chi connectivity index (χ0) is 28.9. The lowest BCUT2D eigenvalue weighted by molar-refractivity contribution is -0.915. The topological polar surface area (TPSA) is 35.5 Å². The smallest absolute Gasteiger partial charge is 0.310 e. The Kier molecular flexibility index (Phi) is 12.9. The van der Waals surface area contributed by atoms with Gasteiger partial charge in [-0.25, -0.2) is 0 Å². The molecule has 2 aromatic rings. The van der Waals surface area contributed by atoms with Crippen molar-refractivity contribution in [1.82, 2.24) is 0 Å². The van der Waals surface area contributed by atoms with Gasteiger partial charge in [-0.2, -0.15) is 0 Å². The van der Waals surface area contributed by atoms with Gasteiger partial charge in [0.1, 0.15) is 11.5 Å². The van der Waals surface area contributed by atoms with Crippen LogP contribution in [0.4, 0.5) is 0 Å². The van der Waals surface area contributed by atoms with Gasteiger partial charge in [-0.1, -0.05) is 127 Å². The maximum atomic E-state index is 12.6. The summed E-state index contributed by atoms with van der Waals surface area (Å²) in [6.45, 7) is 4.50. The largest absolute Gasteiger partial charge is 0.457 e. The molecule has 0 spiro atoms. The van der Waals surface area contributed by atoms with Crippen molar-refractivity contribution in [2.24, 2.45) is 0 Å². The molecule has 0 bridgehead atoms. The van der Waals surface area contributed by atoms with E-state index in [0.717, 1.165) is 48.0 Å². The fourth-order valence-electron chi connectivity index (χ4n) is 6.86. The van der Waals surface area contributed by atoms with Crippen LogP contribution >= 0.6 is 11.6 Å². The van der Waals surface area contributed by atoms with Crippen molar-refractivity contribution in [3.8, 4) is 11.5 Å². The van der Waals surface area contributed by atoms with Gasteiger partial charge in [0.15, 0.2) is 0 Å². The summed E-state index contributed by atoms with van der Waals surface area (Å²) in [5, 5.41) is 0.730. The fraction of sp³-hybridized carbons (Fsp3) is 0.639. The number of halogens is 1. The highest BCUT2D eigenvalue weighted by Crippen LogP contribution is 2.51. The van der Waals surface area contributed by atoms with E-state index < -0.39 is 0 Å². The van der Waals surface area contributed by atoms with Crippen molar-refractivity contribution in [2.45, 2.75) is 121 Å². The molecule has 0 amide bonds. The van der Waals surface area contributed by atoms with E-state index in [1.165, 1.54) is 89.0 Å². The molecule has 41 heavy (non-hydrogen) atoms. The lowest BCUT2D eigenvalue weighted by atomic mass is 9.84. The van der Waals surface area contributed by atoms with Crippen LogP contribution in [0, 0.1) is 0 Å². The third-order valence-corrected chi connectivity index (χ3v) is 9.43. The number of quaternary nitrogens is 1. The second-order valence-electron chi connectivity index (χ2n) is 12.9. The number of likely N-dealkylation sites (N-methyl/N-ethyl adjacent to an activating group) is 1. The van der Waals surface area contributed by atoms with E-state index in [1.54, 1.807) is 0 Å². The predicted octanol–water partition coefficient (Wildman–Crippen LogP) is 10.5. The number of esters is 1. The molecule has 0 aliphatic carbocycles. The highest BCUT2D eigenvalue weighted by molar-refractivity contribution is 6.30. The van der Waals surface area contributed by atoms with E-state index in [2.05, 4.69) is 38.2 Å². The third kappa shape index (κ3) is 9.75. The first kappa shape index (κ1) is 31.9. The number of carbonyl (C=O) groups is 1. The van der Waals surface area contributed by atoms with E-state index in [-0.39, 0.29) is 11.9 Å². The van der Waals surface area contributed by atoms with Crippen LogP contribution in [0.5, 0.6) is 11.5 Å². The van der Waals surface area contributed by atoms with Crippen LogP contribution in [0.1, 0.15) is 133 Å². The Labute approximate surface area is 254 Å². The maximum Gasteiger partial charge on any atom is 0.310 e. The van der Waals surface area contributed by atoms with Crippen molar-refractivity contribution in [3.63, 3.8) is 0 Å². The number of unbranched alkanes of at least 4 members (excludes halogenated alkanes) is 14. The Hall–Kier alpha value is -2.04. The van der Waals surface area contributed by atoms with Crippen LogP contribution in [-0.2, 0) is 9.53 Å². The lowest BCUT2D eigenvalue weighted by Gasteiger charge is -2.29. The van der Waals surface area contributed by atoms with Gasteiger partial charge in [0.2, 0.25) is 6.73 Å². The molecule has 2 heterocycles. The molecule has 2 unspecified atom stereocenters. The normalized spacial score (nSPS) is 21.0. The van der Waals surface area contributed by atoms with Crippen molar-refractivity contribution in [3.05, 3.63) is 58.6 Å². The second-order valence-corrected chi connectivity index (χ2v) is 13.3. The number of rotatable bonds is 18. The van der Waals surface area contributed by atoms with Crippen molar-refractivity contribution >= 4 is 17.6 Å². The standard InChI is InChI=1S/C36H53ClNO3/c1-3-4-5-6-7-8-9-10-11-12-13-14-15-16-17-22-36(39)40-28-38(2)26-32-30-20-18-19-21-34(30)41-35-24-23-29(37)25-31(35)33(32)27-38/h18-21,23-25,32-33H,3-17,22,26-28H2,1-2H3/q+1/t32?,33-,38?/m0/s1. The average Bonchev–Trinajstić information content (AvgIpc) is 3.27. The highest BCUT2D eigenvalue weighted by Gasteiger charge is 2.48. The minimum Gasteiger partial charge on any atom is -0.457 e. The SMILES string of the molecule is CCCCCCCCCCCCCCCCCC(=O)OC[N+]1(C)CC2c3ccccc3Oc3ccc(Cl)cc3[C@@H]2C1. The summed E-state index contributed by atoms with van der Waals surface area (Å²) in [5.41, 5.74) is 2.39. The van der Waals surface area contributed by atoms with Gasteiger partial charge in [-0.3, -0.25) is 9.28 Å². The summed E-state index contributed by atoms with van der Waals surface area (Å²) >= 11 is 6.41. The monoisotopic (exact) mass is 582 g/mol. The fourth-order valence-corrected chi connectivity index (χ4v) is 7.04. The van der Waals surface area contributed by atoms with E-state index in [1.807, 2.05) is 18.2 Å². The molecule has 0 aromatic heterocycles. The number of hydrogen-bond acceptors (Lipinski definition) is 3. The molecular formula is C36H53ClNO3+. The molecule has 226 valence electrons. The van der Waals surface area contributed by atoms with Crippen LogP contribution < -0.4 is 4.74 Å². The first-order chi connectivity index (χ1) is 20.0. The first-order valence-corrected chi connectivity index (χ1v) is 16.9. The quantitative estimate of drug-likeness (QED) is 0.0996. The Bertz CT molecular complexity index is 1090. The van der Waals surface area contributed by atoms with E-state index in [0.29, 0.717) is 23.6 Å². The van der Waals surface area contributed by atoms with Crippen LogP contribution in [0.2, 0.25) is 5.02 Å². The number of fused-ring (bicyclic) bond motifs is 5. The van der Waals surface area contributed by atoms with E-state index >= 15 is 0 Å². The predicted molar refractivity (Wildman–Crippen MR) is 170 cm³/mol. The lowest BCUT2D eigenvalue weighted by Crippen LogP contribution is -2.44. The van der Waals surface area contributed by atoms with Crippen molar-refractivity contribution < 1.29 is 18.8 Å². The number of ether oxygens (including phenoxy) is 2. The van der Waals surface area contributed by atoms with Gasteiger partial charge < -0.3 is 9.47 Å². The molecule has 0 saturated carbocycles. The molecule has 3 atom stereocenters. The maximum absolute atomic E-state index is 12.6. The van der Waals surface area contributed by atoms with Gasteiger partial charge in [0.25, 0.3) is 0 Å². The van der Waals surface area contributed by atoms with Gasteiger partial charge in [0.05, 0.1) is 20.1 Å². The summed E-state index contributed by atoms with van der Waals surface area (Å²) in [6.07, 6.45) is 20.4. The number of benzene rings is 2. The summed E-state index contributed by atoms with van der Waals surface area (Å²) in [7, 11) is 2.21. The Morgan fingerprint density at radius 1 is 0.780 bits per heavy atom. The van der Waals surface area contributed by atoms with Crippen LogP contribution in [0.25, 0.3) is 0 Å². The molecule has 1 fully saturated rings. The number of likely N-dealkylation sites (tertiary alicyclic amines) is 1. The molecule has 2 aromatic carbocycles. The molecule has 4 rings (SSSR count). The highest BCUT2D eigenvalue weighted by atomic mass is 35.5. The molecule has 5 heteroatoms. The van der Waals surface area contributed by atoms with E-state index in [9.17, 15) is 4.79 Å². The molecule has 4 nitrogen and oxygen atoms in total. The Balaban J connectivity index is 1.11. The van der Waals surface area contributed by atoms with Crippen LogP contribution in [-0.4, -0.2) is 37.3 Å². The molecule has 1 saturated heterocycles. The molecule has 2 aliphatic heterocycles. The zero-order valence-corrected chi connectivity index (χ0v) is 26.4. The minimum atomic E-state index is -0.0571. The average molecular weight is 583 g/mol. The molecule has 0 radical (unpaired) electrons. The second kappa shape index (κ2) is 16.6. The van der Waals surface area contributed by atoms with Gasteiger partial charge >= 0.3 is 5.97 Å². The summed E-state index contributed by atoms with van der Waals surface area (Å²) in [6, 6.07) is 14.3. The molecular weight excluding hydrogens is 530 g/mol. The zero-order valence-electron chi connectivity index (χ0n) is 25.7. The molecule has 2 aliphatic rings. The van der Waals surface area contributed by atoms with Gasteiger partial charge in [-0.05, 0) is 30.7 Å². The van der Waals surface area contributed by atoms with E-state index in [4.69, 9.17) is 21.1 Å². The molecule has 0 N–H and O–H groups in total. The van der Waals surface area contributed by atoms with Crippen molar-refractivity contribution in [2.75, 3.05) is 26.9 Å². The van der Waals surface area contributed by atoms with Crippen LogP contribution in [0.3, 0.4) is 0 Å². The number of nitrogens with zero attached hydrogens (tertiary/aromatic N) is 1. The van der Waals surface area contributed by atoms with Crippen molar-refractivity contribution in [1.29, 1.82) is 0 Å². The third-order valence-electron chi connectivity index (χ3n) is 9.19. The summed E-state index contributed by atoms with van der Waals surface area (Å²) < 4.78 is 12.9. The first-order valence-electron chi connectivity index (χ1n) is 16.5. The minimum absolute atomic E-state index is 0.0571. The Morgan fingerprint density at radius 3 is 1.95 bits per heavy atom. The number of para-hydroxylation sites is 1. The van der Waals surface area contributed by atoms with Gasteiger partial charge in [-0.15, -0.1) is 0 Å². The number of hydrogen-bond donors (Lipinski definition) is 0. The van der Waals surface area contributed by atoms with Gasteiger partial charge in [0, 0.05) is 34.4 Å².